The number of carbonyl (C=O) groups excluding carboxylic acids is 1. The van der Waals surface area contributed by atoms with E-state index in [1.54, 1.807) is 0 Å². The summed E-state index contributed by atoms with van der Waals surface area (Å²) in [5, 5.41) is 3.06. The molecule has 1 aliphatic rings. The second kappa shape index (κ2) is 6.71. The Morgan fingerprint density at radius 1 is 1.48 bits per heavy atom. The average Bonchev–Trinajstić information content (AvgIpc) is 3.03. The van der Waals surface area contributed by atoms with Crippen LogP contribution >= 0.6 is 27.3 Å². The van der Waals surface area contributed by atoms with E-state index < -0.39 is 16.0 Å². The first-order chi connectivity index (χ1) is 9.89. The molecule has 0 aromatic carbocycles. The summed E-state index contributed by atoms with van der Waals surface area (Å²) in [5.41, 5.74) is 0. The zero-order valence-electron chi connectivity index (χ0n) is 11.4. The second-order valence-corrected chi connectivity index (χ2v) is 8.45. The maximum Gasteiger partial charge on any atom is 0.348 e. The smallest absolute Gasteiger partial charge is 0.348 e. The van der Waals surface area contributed by atoms with E-state index in [0.717, 1.165) is 11.3 Å². The third kappa shape index (κ3) is 3.63. The van der Waals surface area contributed by atoms with Crippen molar-refractivity contribution in [3.05, 3.63) is 14.7 Å². The Morgan fingerprint density at radius 3 is 2.81 bits per heavy atom. The molecule has 2 atom stereocenters. The molecular weight excluding hydrogens is 384 g/mol. The van der Waals surface area contributed by atoms with Gasteiger partial charge < -0.3 is 14.8 Å². The van der Waals surface area contributed by atoms with Gasteiger partial charge in [-0.05, 0) is 22.0 Å². The Morgan fingerprint density at radius 2 is 2.19 bits per heavy atom. The first-order valence-electron chi connectivity index (χ1n) is 6.02. The highest BCUT2D eigenvalue weighted by molar-refractivity contribution is 9.11. The fraction of sp³-hybridized carbons (Fsp3) is 0.545. The summed E-state index contributed by atoms with van der Waals surface area (Å²) >= 11 is 4.19. The molecule has 0 amide bonds. The van der Waals surface area contributed by atoms with Crippen LogP contribution in [0.1, 0.15) is 9.67 Å². The second-order valence-electron chi connectivity index (χ2n) is 4.40. The average molecular weight is 399 g/mol. The lowest BCUT2D eigenvalue weighted by Crippen LogP contribution is -2.43. The predicted octanol–water partition coefficient (Wildman–Crippen LogP) is 0.562. The molecule has 2 rings (SSSR count). The summed E-state index contributed by atoms with van der Waals surface area (Å²) in [6.07, 6.45) is -0.225. The minimum absolute atomic E-state index is 0.0228. The van der Waals surface area contributed by atoms with Crippen molar-refractivity contribution in [2.45, 2.75) is 17.0 Å². The Bertz CT molecular complexity index is 631. The molecule has 2 N–H and O–H groups in total. The lowest BCUT2D eigenvalue weighted by atomic mass is 10.2. The summed E-state index contributed by atoms with van der Waals surface area (Å²) < 4.78 is 37.6. The zero-order chi connectivity index (χ0) is 15.6. The van der Waals surface area contributed by atoms with Crippen molar-refractivity contribution >= 4 is 43.3 Å². The highest BCUT2D eigenvalue weighted by atomic mass is 79.9. The quantitative estimate of drug-likeness (QED) is 0.703. The third-order valence-electron chi connectivity index (χ3n) is 3.10. The first-order valence-corrected chi connectivity index (χ1v) is 9.11. The molecule has 0 aliphatic carbocycles. The van der Waals surface area contributed by atoms with E-state index in [-0.39, 0.29) is 21.9 Å². The minimum Gasteiger partial charge on any atom is -0.465 e. The van der Waals surface area contributed by atoms with E-state index in [4.69, 9.17) is 4.74 Å². The van der Waals surface area contributed by atoms with Gasteiger partial charge in [0.15, 0.2) is 0 Å². The number of hydrogen-bond donors (Lipinski definition) is 2. The normalized spacial score (nSPS) is 22.4. The molecule has 7 nitrogen and oxygen atoms in total. The van der Waals surface area contributed by atoms with Gasteiger partial charge in [0.2, 0.25) is 10.0 Å². The van der Waals surface area contributed by atoms with Gasteiger partial charge in [-0.25, -0.2) is 17.9 Å². The molecular formula is C11H15BrN2O5S2. The van der Waals surface area contributed by atoms with E-state index in [0.29, 0.717) is 16.9 Å². The van der Waals surface area contributed by atoms with Crippen LogP contribution < -0.4 is 10.0 Å². The summed E-state index contributed by atoms with van der Waals surface area (Å²) in [5.74, 6) is -0.570. The number of carbonyl (C=O) groups is 1. The maximum atomic E-state index is 12.4. The third-order valence-corrected chi connectivity index (χ3v) is 6.82. The fourth-order valence-electron chi connectivity index (χ4n) is 2.02. The molecule has 0 radical (unpaired) electrons. The standard InChI is InChI=1S/C11H15BrN2O5S2/c1-18-7-5-13-4-6(7)14-21(16,17)9-3-8(11(15)19-2)20-10(9)12/h3,6-7,13-14H,4-5H2,1-2H3/t6?,7-/m0/s1. The van der Waals surface area contributed by atoms with Gasteiger partial charge in [0.1, 0.15) is 9.77 Å². The molecule has 21 heavy (non-hydrogen) atoms. The molecule has 1 saturated heterocycles. The van der Waals surface area contributed by atoms with Crippen molar-refractivity contribution in [2.24, 2.45) is 0 Å². The van der Waals surface area contributed by atoms with Crippen molar-refractivity contribution in [1.29, 1.82) is 0 Å². The highest BCUT2D eigenvalue weighted by Gasteiger charge is 2.33. The molecule has 0 saturated carbocycles. The molecule has 2 heterocycles. The largest absolute Gasteiger partial charge is 0.465 e. The Balaban J connectivity index is 2.23. The molecule has 1 aromatic rings. The van der Waals surface area contributed by atoms with Crippen LogP contribution in [0.4, 0.5) is 0 Å². The molecule has 0 bridgehead atoms. The fourth-order valence-corrected chi connectivity index (χ4v) is 5.77. The van der Waals surface area contributed by atoms with Crippen LogP contribution in [0.2, 0.25) is 0 Å². The topological polar surface area (TPSA) is 93.7 Å². The summed E-state index contributed by atoms with van der Waals surface area (Å²) in [7, 11) is -0.970. The Hall–Kier alpha value is -0.520. The van der Waals surface area contributed by atoms with Crippen molar-refractivity contribution in [2.75, 3.05) is 27.3 Å². The van der Waals surface area contributed by atoms with Gasteiger partial charge >= 0.3 is 5.97 Å². The number of halogens is 1. The van der Waals surface area contributed by atoms with Gasteiger partial charge in [0.05, 0.1) is 23.0 Å². The van der Waals surface area contributed by atoms with Crippen molar-refractivity contribution in [3.63, 3.8) is 0 Å². The number of esters is 1. The van der Waals surface area contributed by atoms with Crippen molar-refractivity contribution in [3.8, 4) is 0 Å². The Kier molecular flexibility index (Phi) is 5.38. The van der Waals surface area contributed by atoms with Crippen LogP contribution in [0.25, 0.3) is 0 Å². The summed E-state index contributed by atoms with van der Waals surface area (Å²) in [4.78, 5) is 11.7. The van der Waals surface area contributed by atoms with E-state index in [1.807, 2.05) is 0 Å². The number of hydrogen-bond acceptors (Lipinski definition) is 7. The lowest BCUT2D eigenvalue weighted by Gasteiger charge is -2.18. The van der Waals surface area contributed by atoms with Crippen LogP contribution in [0.5, 0.6) is 0 Å². The zero-order valence-corrected chi connectivity index (χ0v) is 14.6. The highest BCUT2D eigenvalue weighted by Crippen LogP contribution is 2.32. The van der Waals surface area contributed by atoms with Gasteiger partial charge in [-0.2, -0.15) is 0 Å². The van der Waals surface area contributed by atoms with Gasteiger partial charge in [0.25, 0.3) is 0 Å². The number of thiophene rings is 1. The molecule has 1 aromatic heterocycles. The number of ether oxygens (including phenoxy) is 2. The van der Waals surface area contributed by atoms with Crippen molar-refractivity contribution < 1.29 is 22.7 Å². The number of sulfonamides is 1. The number of nitrogens with one attached hydrogen (secondary N) is 2. The van der Waals surface area contributed by atoms with Crippen LogP contribution in [0.15, 0.2) is 14.7 Å². The lowest BCUT2D eigenvalue weighted by molar-refractivity contribution is 0.0606. The summed E-state index contributed by atoms with van der Waals surface area (Å²) in [6, 6.07) is 0.945. The monoisotopic (exact) mass is 398 g/mol. The van der Waals surface area contributed by atoms with Crippen LogP contribution in [-0.4, -0.2) is 53.8 Å². The molecule has 1 aliphatic heterocycles. The molecule has 1 unspecified atom stereocenters. The maximum absolute atomic E-state index is 12.4. The first kappa shape index (κ1) is 16.8. The molecule has 0 spiro atoms. The van der Waals surface area contributed by atoms with Crippen LogP contribution in [0, 0.1) is 0 Å². The molecule has 118 valence electrons. The predicted molar refractivity (Wildman–Crippen MR) is 81.1 cm³/mol. The van der Waals surface area contributed by atoms with E-state index in [1.165, 1.54) is 20.3 Å². The van der Waals surface area contributed by atoms with E-state index in [9.17, 15) is 13.2 Å². The van der Waals surface area contributed by atoms with E-state index >= 15 is 0 Å². The number of rotatable bonds is 5. The van der Waals surface area contributed by atoms with Gasteiger partial charge in [-0.1, -0.05) is 0 Å². The van der Waals surface area contributed by atoms with E-state index in [2.05, 4.69) is 30.7 Å². The SMILES string of the molecule is COC(=O)c1cc(S(=O)(=O)NC2CNC[C@@H]2OC)c(Br)s1. The Labute approximate surface area is 135 Å². The van der Waals surface area contributed by atoms with Crippen molar-refractivity contribution in [1.82, 2.24) is 10.0 Å². The van der Waals surface area contributed by atoms with Gasteiger partial charge in [-0.15, -0.1) is 11.3 Å². The van der Waals surface area contributed by atoms with Crippen LogP contribution in [-0.2, 0) is 19.5 Å². The number of methoxy groups -OCH3 is 2. The van der Waals surface area contributed by atoms with Gasteiger partial charge in [-0.3, -0.25) is 0 Å². The minimum atomic E-state index is -3.75. The van der Waals surface area contributed by atoms with Crippen LogP contribution in [0.3, 0.4) is 0 Å². The molecule has 1 fully saturated rings. The molecule has 10 heteroatoms. The van der Waals surface area contributed by atoms with Gasteiger partial charge in [0, 0.05) is 20.2 Å². The summed E-state index contributed by atoms with van der Waals surface area (Å²) in [6.45, 7) is 1.07.